The Morgan fingerprint density at radius 1 is 1.05 bits per heavy atom. The lowest BCUT2D eigenvalue weighted by molar-refractivity contribution is 0.185. The Kier molecular flexibility index (Phi) is 6.23. The van der Waals surface area contributed by atoms with E-state index in [4.69, 9.17) is 0 Å². The number of sulfonamides is 1. The van der Waals surface area contributed by atoms with Crippen molar-refractivity contribution in [1.82, 2.24) is 14.5 Å². The van der Waals surface area contributed by atoms with Gasteiger partial charge in [-0.3, -0.25) is 0 Å². The third-order valence-electron chi connectivity index (χ3n) is 3.36. The maximum absolute atomic E-state index is 11.4. The molecule has 114 valence electrons. The Balaban J connectivity index is 2.10. The summed E-state index contributed by atoms with van der Waals surface area (Å²) in [5, 5.41) is 3.48. The van der Waals surface area contributed by atoms with E-state index in [1.807, 2.05) is 0 Å². The van der Waals surface area contributed by atoms with Gasteiger partial charge in [-0.15, -0.1) is 0 Å². The number of piperazine rings is 1. The van der Waals surface area contributed by atoms with Gasteiger partial charge in [0.25, 0.3) is 0 Å². The van der Waals surface area contributed by atoms with E-state index in [1.54, 1.807) is 4.31 Å². The van der Waals surface area contributed by atoms with Crippen molar-refractivity contribution in [2.24, 2.45) is 0 Å². The molecule has 6 heteroatoms. The van der Waals surface area contributed by atoms with E-state index < -0.39 is 10.0 Å². The summed E-state index contributed by atoms with van der Waals surface area (Å²) >= 11 is 0. The Morgan fingerprint density at radius 3 is 2.11 bits per heavy atom. The highest BCUT2D eigenvalue weighted by Crippen LogP contribution is 2.07. The van der Waals surface area contributed by atoms with Crippen molar-refractivity contribution in [2.45, 2.75) is 39.2 Å². The normalized spacial score (nSPS) is 19.8. The van der Waals surface area contributed by atoms with Crippen molar-refractivity contribution in [2.75, 3.05) is 45.5 Å². The molecular formula is C13H29N3O2S. The first-order valence-corrected chi connectivity index (χ1v) is 8.96. The minimum atomic E-state index is -3.00. The molecule has 1 rings (SSSR count). The summed E-state index contributed by atoms with van der Waals surface area (Å²) in [7, 11) is -3.00. The Labute approximate surface area is 118 Å². The van der Waals surface area contributed by atoms with Crippen LogP contribution in [0.1, 0.15) is 33.6 Å². The smallest absolute Gasteiger partial charge is 0.211 e. The number of hydrogen-bond donors (Lipinski definition) is 1. The minimum Gasteiger partial charge on any atom is -0.312 e. The van der Waals surface area contributed by atoms with Gasteiger partial charge in [0.1, 0.15) is 0 Å². The highest BCUT2D eigenvalue weighted by atomic mass is 32.2. The van der Waals surface area contributed by atoms with Crippen LogP contribution in [0.25, 0.3) is 0 Å². The third-order valence-corrected chi connectivity index (χ3v) is 4.66. The van der Waals surface area contributed by atoms with Crippen molar-refractivity contribution in [3.63, 3.8) is 0 Å². The fraction of sp³-hybridized carbons (Fsp3) is 1.00. The van der Waals surface area contributed by atoms with Crippen LogP contribution < -0.4 is 5.32 Å². The van der Waals surface area contributed by atoms with Crippen LogP contribution in [-0.4, -0.2) is 68.7 Å². The monoisotopic (exact) mass is 291 g/mol. The average molecular weight is 291 g/mol. The summed E-state index contributed by atoms with van der Waals surface area (Å²) in [6.07, 6.45) is 3.63. The number of rotatable bonds is 6. The molecule has 0 aromatic heterocycles. The van der Waals surface area contributed by atoms with Gasteiger partial charge in [-0.1, -0.05) is 0 Å². The van der Waals surface area contributed by atoms with Gasteiger partial charge < -0.3 is 10.2 Å². The van der Waals surface area contributed by atoms with E-state index in [2.05, 4.69) is 31.0 Å². The standard InChI is InChI=1S/C13H29N3O2S/c1-13(2,3)14-7-5-6-8-15-9-11-16(12-10-15)19(4,17)18/h14H,5-12H2,1-4H3. The summed E-state index contributed by atoms with van der Waals surface area (Å²) in [5.41, 5.74) is 0.196. The highest BCUT2D eigenvalue weighted by Gasteiger charge is 2.22. The summed E-state index contributed by atoms with van der Waals surface area (Å²) < 4.78 is 24.3. The molecule has 0 spiro atoms. The minimum absolute atomic E-state index is 0.196. The molecule has 1 heterocycles. The molecule has 1 fully saturated rings. The topological polar surface area (TPSA) is 52.6 Å². The van der Waals surface area contributed by atoms with Crippen molar-refractivity contribution >= 4 is 10.0 Å². The van der Waals surface area contributed by atoms with Crippen LogP contribution in [-0.2, 0) is 10.0 Å². The Morgan fingerprint density at radius 2 is 1.63 bits per heavy atom. The maximum Gasteiger partial charge on any atom is 0.211 e. The van der Waals surface area contributed by atoms with Crippen LogP contribution in [0.5, 0.6) is 0 Å². The Bertz CT molecular complexity index is 355. The molecule has 1 saturated heterocycles. The van der Waals surface area contributed by atoms with E-state index in [-0.39, 0.29) is 5.54 Å². The lowest BCUT2D eigenvalue weighted by Gasteiger charge is -2.33. The summed E-state index contributed by atoms with van der Waals surface area (Å²) in [6.45, 7) is 11.7. The second kappa shape index (κ2) is 7.02. The van der Waals surface area contributed by atoms with Gasteiger partial charge >= 0.3 is 0 Å². The predicted molar refractivity (Wildman–Crippen MR) is 79.8 cm³/mol. The highest BCUT2D eigenvalue weighted by molar-refractivity contribution is 7.88. The summed E-state index contributed by atoms with van der Waals surface area (Å²) in [4.78, 5) is 2.36. The van der Waals surface area contributed by atoms with Gasteiger partial charge in [-0.05, 0) is 46.7 Å². The largest absolute Gasteiger partial charge is 0.312 e. The van der Waals surface area contributed by atoms with E-state index in [0.29, 0.717) is 13.1 Å². The van der Waals surface area contributed by atoms with E-state index in [1.165, 1.54) is 19.1 Å². The number of nitrogens with zero attached hydrogens (tertiary/aromatic N) is 2. The number of nitrogens with one attached hydrogen (secondary N) is 1. The predicted octanol–water partition coefficient (Wildman–Crippen LogP) is 0.732. The zero-order valence-electron chi connectivity index (χ0n) is 12.8. The van der Waals surface area contributed by atoms with Crippen LogP contribution >= 0.6 is 0 Å². The number of unbranched alkanes of at least 4 members (excludes halogenated alkanes) is 1. The second-order valence-electron chi connectivity index (χ2n) is 6.39. The van der Waals surface area contributed by atoms with Crippen molar-refractivity contribution in [1.29, 1.82) is 0 Å². The summed E-state index contributed by atoms with van der Waals surface area (Å²) in [6, 6.07) is 0. The third kappa shape index (κ3) is 7.25. The maximum atomic E-state index is 11.4. The molecule has 0 amide bonds. The molecule has 1 N–H and O–H groups in total. The van der Waals surface area contributed by atoms with E-state index in [0.717, 1.165) is 26.2 Å². The van der Waals surface area contributed by atoms with Gasteiger partial charge in [-0.2, -0.15) is 4.31 Å². The molecule has 19 heavy (non-hydrogen) atoms. The van der Waals surface area contributed by atoms with Crippen LogP contribution in [0.15, 0.2) is 0 Å². The quantitative estimate of drug-likeness (QED) is 0.733. The molecule has 0 unspecified atom stereocenters. The first kappa shape index (κ1) is 16.9. The molecule has 0 aromatic carbocycles. The van der Waals surface area contributed by atoms with Gasteiger partial charge in [0.2, 0.25) is 10.0 Å². The molecule has 1 aliphatic heterocycles. The molecule has 0 saturated carbocycles. The molecule has 0 atom stereocenters. The van der Waals surface area contributed by atoms with Crippen LogP contribution in [0.2, 0.25) is 0 Å². The lowest BCUT2D eigenvalue weighted by Crippen LogP contribution is -2.48. The SMILES string of the molecule is CC(C)(C)NCCCCN1CCN(S(C)(=O)=O)CC1. The van der Waals surface area contributed by atoms with E-state index >= 15 is 0 Å². The van der Waals surface area contributed by atoms with Crippen molar-refractivity contribution in [3.8, 4) is 0 Å². The second-order valence-corrected chi connectivity index (χ2v) is 8.37. The Hall–Kier alpha value is -0.170. The van der Waals surface area contributed by atoms with Crippen LogP contribution in [0.4, 0.5) is 0 Å². The molecule has 0 radical (unpaired) electrons. The van der Waals surface area contributed by atoms with Gasteiger partial charge in [0, 0.05) is 31.7 Å². The van der Waals surface area contributed by atoms with Gasteiger partial charge in [0.05, 0.1) is 6.26 Å². The van der Waals surface area contributed by atoms with Crippen LogP contribution in [0.3, 0.4) is 0 Å². The van der Waals surface area contributed by atoms with Crippen LogP contribution in [0, 0.1) is 0 Å². The first-order chi connectivity index (χ1) is 8.68. The molecule has 0 bridgehead atoms. The first-order valence-electron chi connectivity index (χ1n) is 7.11. The fourth-order valence-electron chi connectivity index (χ4n) is 2.21. The molecule has 5 nitrogen and oxygen atoms in total. The summed E-state index contributed by atoms with van der Waals surface area (Å²) in [5.74, 6) is 0. The van der Waals surface area contributed by atoms with Crippen molar-refractivity contribution in [3.05, 3.63) is 0 Å². The van der Waals surface area contributed by atoms with Crippen molar-refractivity contribution < 1.29 is 8.42 Å². The zero-order valence-corrected chi connectivity index (χ0v) is 13.6. The van der Waals surface area contributed by atoms with Gasteiger partial charge in [0.15, 0.2) is 0 Å². The van der Waals surface area contributed by atoms with E-state index in [9.17, 15) is 8.42 Å². The average Bonchev–Trinajstić information content (AvgIpc) is 2.26. The lowest BCUT2D eigenvalue weighted by atomic mass is 10.1. The molecular weight excluding hydrogens is 262 g/mol. The molecule has 0 aliphatic carbocycles. The number of hydrogen-bond acceptors (Lipinski definition) is 4. The zero-order chi connectivity index (χ0) is 14.5. The molecule has 0 aromatic rings. The fourth-order valence-corrected chi connectivity index (χ4v) is 3.04. The molecule has 1 aliphatic rings. The van der Waals surface area contributed by atoms with Gasteiger partial charge in [-0.25, -0.2) is 8.42 Å².